The predicted octanol–water partition coefficient (Wildman–Crippen LogP) is 3.51. The molecule has 0 spiro atoms. The normalized spacial score (nSPS) is 14.3. The molecule has 0 saturated carbocycles. The second kappa shape index (κ2) is 8.78. The summed E-state index contributed by atoms with van der Waals surface area (Å²) in [6.07, 6.45) is 2.04. The number of aromatic nitrogens is 2. The lowest BCUT2D eigenvalue weighted by Crippen LogP contribution is -2.17. The third-order valence-electron chi connectivity index (χ3n) is 5.53. The molecule has 178 valence electrons. The van der Waals surface area contributed by atoms with Crippen molar-refractivity contribution in [3.8, 4) is 17.2 Å². The van der Waals surface area contributed by atoms with Gasteiger partial charge < -0.3 is 23.8 Å². The minimum absolute atomic E-state index is 0.0311. The van der Waals surface area contributed by atoms with Crippen molar-refractivity contribution in [2.24, 2.45) is 0 Å². The van der Waals surface area contributed by atoms with E-state index < -0.39 is 16.1 Å². The molecule has 0 radical (unpaired) electrons. The summed E-state index contributed by atoms with van der Waals surface area (Å²) < 4.78 is 51.1. The summed E-state index contributed by atoms with van der Waals surface area (Å²) >= 11 is 1.34. The molecule has 1 unspecified atom stereocenters. The molecule has 2 aromatic carbocycles. The number of aliphatic hydroxyl groups excluding tert-OH is 1. The van der Waals surface area contributed by atoms with Gasteiger partial charge in [0.15, 0.2) is 16.3 Å². The molecule has 2 aromatic heterocycles. The molecule has 1 atom stereocenters. The van der Waals surface area contributed by atoms with E-state index in [1.165, 1.54) is 37.7 Å². The maximum atomic E-state index is 13.4. The lowest BCUT2D eigenvalue weighted by Gasteiger charge is -2.23. The van der Waals surface area contributed by atoms with Crippen LogP contribution >= 0.6 is 11.3 Å². The number of ether oxygens (including phenoxy) is 3. The van der Waals surface area contributed by atoms with Crippen LogP contribution in [-0.2, 0) is 16.4 Å². The Morgan fingerprint density at radius 1 is 1.24 bits per heavy atom. The molecule has 1 aliphatic rings. The average molecular weight is 504 g/mol. The number of nitrogens with one attached hydrogen (secondary N) is 1. The number of thiazole rings is 1. The van der Waals surface area contributed by atoms with E-state index in [-0.39, 0.29) is 27.8 Å². The Kier molecular flexibility index (Phi) is 5.80. The summed E-state index contributed by atoms with van der Waals surface area (Å²) in [6.45, 7) is 0.441. The number of hydrogen-bond donors (Lipinski definition) is 2. The molecule has 0 saturated heterocycles. The van der Waals surface area contributed by atoms with E-state index >= 15 is 0 Å². The highest BCUT2D eigenvalue weighted by Crippen LogP contribution is 2.44. The van der Waals surface area contributed by atoms with E-state index in [9.17, 15) is 13.5 Å². The van der Waals surface area contributed by atoms with Gasteiger partial charge in [-0.3, -0.25) is 4.72 Å². The first kappa shape index (κ1) is 22.4. The quantitative estimate of drug-likeness (QED) is 0.389. The third kappa shape index (κ3) is 3.73. The fourth-order valence-corrected chi connectivity index (χ4v) is 6.02. The summed E-state index contributed by atoms with van der Waals surface area (Å²) in [7, 11) is -1.44. The number of sulfonamides is 1. The molecule has 10 nitrogen and oxygen atoms in total. The van der Waals surface area contributed by atoms with Crippen molar-refractivity contribution in [1.29, 1.82) is 0 Å². The first-order chi connectivity index (χ1) is 16.4. The zero-order valence-electron chi connectivity index (χ0n) is 18.3. The van der Waals surface area contributed by atoms with Gasteiger partial charge in [0.2, 0.25) is 0 Å². The molecule has 0 fully saturated rings. The van der Waals surface area contributed by atoms with Crippen LogP contribution in [0.15, 0.2) is 45.3 Å². The van der Waals surface area contributed by atoms with Crippen LogP contribution in [-0.4, -0.2) is 44.5 Å². The monoisotopic (exact) mass is 503 g/mol. The van der Waals surface area contributed by atoms with Crippen LogP contribution in [0.25, 0.3) is 11.0 Å². The van der Waals surface area contributed by atoms with Crippen LogP contribution in [0.4, 0.5) is 5.82 Å². The van der Waals surface area contributed by atoms with E-state index in [1.54, 1.807) is 23.7 Å². The highest BCUT2D eigenvalue weighted by atomic mass is 32.2. The van der Waals surface area contributed by atoms with Crippen LogP contribution in [0.2, 0.25) is 0 Å². The second-order valence-electron chi connectivity index (χ2n) is 7.50. The molecular weight excluding hydrogens is 482 g/mol. The second-order valence-corrected chi connectivity index (χ2v) is 10.0. The summed E-state index contributed by atoms with van der Waals surface area (Å²) in [5, 5.41) is 17.6. The van der Waals surface area contributed by atoms with Crippen LogP contribution in [0, 0.1) is 0 Å². The molecule has 0 amide bonds. The average Bonchev–Trinajstić information content (AvgIpc) is 3.53. The lowest BCUT2D eigenvalue weighted by molar-refractivity contribution is 0.215. The van der Waals surface area contributed by atoms with Gasteiger partial charge >= 0.3 is 0 Å². The Labute approximate surface area is 199 Å². The van der Waals surface area contributed by atoms with Crippen molar-refractivity contribution < 1.29 is 32.3 Å². The molecule has 0 aliphatic carbocycles. The largest absolute Gasteiger partial charge is 0.495 e. The summed E-state index contributed by atoms with van der Waals surface area (Å²) in [4.78, 5) is 4.04. The predicted molar refractivity (Wildman–Crippen MR) is 124 cm³/mol. The Hall–Kier alpha value is -3.35. The van der Waals surface area contributed by atoms with Crippen LogP contribution in [0.3, 0.4) is 0 Å². The van der Waals surface area contributed by atoms with Gasteiger partial charge in [-0.05, 0) is 36.6 Å². The number of nitrogens with zero attached hydrogens (tertiary/aromatic N) is 2. The van der Waals surface area contributed by atoms with Crippen molar-refractivity contribution >= 4 is 38.1 Å². The SMILES string of the molecule is COc1cccc(OC)c1S(=O)(=O)Nc1noc2cc(C(O)c3nccs3)c3c(c12)OCCC3. The van der Waals surface area contributed by atoms with Crippen molar-refractivity contribution in [3.05, 3.63) is 52.0 Å². The first-order valence-electron chi connectivity index (χ1n) is 10.3. The van der Waals surface area contributed by atoms with Crippen molar-refractivity contribution in [2.45, 2.75) is 23.8 Å². The third-order valence-corrected chi connectivity index (χ3v) is 7.76. The molecule has 2 N–H and O–H groups in total. The number of methoxy groups -OCH3 is 2. The molecule has 0 bridgehead atoms. The lowest BCUT2D eigenvalue weighted by atomic mass is 9.94. The standard InChI is InChI=1S/C22H21N3O7S2/c1-29-14-6-3-7-15(30-2)20(14)34(27,28)25-21-17-16(32-24-21)11-13(12-5-4-9-31-19(12)17)18(26)22-23-8-10-33-22/h3,6-8,10-11,18,26H,4-5,9H2,1-2H3,(H,24,25). The van der Waals surface area contributed by atoms with Crippen LogP contribution in [0.1, 0.15) is 28.7 Å². The topological polar surface area (TPSA) is 133 Å². The minimum Gasteiger partial charge on any atom is -0.495 e. The van der Waals surface area contributed by atoms with Crippen molar-refractivity contribution in [3.63, 3.8) is 0 Å². The van der Waals surface area contributed by atoms with E-state index in [2.05, 4.69) is 14.9 Å². The highest BCUT2D eigenvalue weighted by Gasteiger charge is 2.31. The molecular formula is C22H21N3O7S2. The van der Waals surface area contributed by atoms with Gasteiger partial charge in [0, 0.05) is 17.1 Å². The van der Waals surface area contributed by atoms with Crippen molar-refractivity contribution in [1.82, 2.24) is 10.1 Å². The number of anilines is 1. The first-order valence-corrected chi connectivity index (χ1v) is 12.7. The number of benzene rings is 2. The number of aliphatic hydroxyl groups is 1. The van der Waals surface area contributed by atoms with E-state index in [0.717, 1.165) is 12.0 Å². The van der Waals surface area contributed by atoms with Crippen LogP contribution in [0.5, 0.6) is 17.2 Å². The van der Waals surface area contributed by atoms with Crippen molar-refractivity contribution in [2.75, 3.05) is 25.5 Å². The summed E-state index contributed by atoms with van der Waals surface area (Å²) in [5.41, 5.74) is 1.63. The van der Waals surface area contributed by atoms with E-state index in [4.69, 9.17) is 18.7 Å². The molecule has 12 heteroatoms. The fourth-order valence-electron chi connectivity index (χ4n) is 4.05. The number of hydrogen-bond acceptors (Lipinski definition) is 10. The molecule has 1 aliphatic heterocycles. The fraction of sp³-hybridized carbons (Fsp3) is 0.273. The van der Waals surface area contributed by atoms with Gasteiger partial charge in [-0.2, -0.15) is 0 Å². The summed E-state index contributed by atoms with van der Waals surface area (Å²) in [5.74, 6) is 0.635. The molecule has 4 aromatic rings. The highest BCUT2D eigenvalue weighted by molar-refractivity contribution is 7.93. The molecule has 34 heavy (non-hydrogen) atoms. The molecule has 3 heterocycles. The maximum absolute atomic E-state index is 13.4. The maximum Gasteiger partial charge on any atom is 0.270 e. The Morgan fingerprint density at radius 2 is 2.00 bits per heavy atom. The number of rotatable bonds is 7. The van der Waals surface area contributed by atoms with Gasteiger partial charge in [0.1, 0.15) is 33.7 Å². The minimum atomic E-state index is -4.18. The smallest absolute Gasteiger partial charge is 0.270 e. The van der Waals surface area contributed by atoms with Gasteiger partial charge in [-0.25, -0.2) is 13.4 Å². The van der Waals surface area contributed by atoms with Gasteiger partial charge in [-0.15, -0.1) is 11.3 Å². The zero-order chi connectivity index (χ0) is 23.9. The Morgan fingerprint density at radius 3 is 2.68 bits per heavy atom. The van der Waals surface area contributed by atoms with Gasteiger partial charge in [-0.1, -0.05) is 11.2 Å². The van der Waals surface area contributed by atoms with E-state index in [1.807, 2.05) is 0 Å². The Balaban J connectivity index is 1.63. The van der Waals surface area contributed by atoms with Crippen LogP contribution < -0.4 is 18.9 Å². The number of fused-ring (bicyclic) bond motifs is 3. The molecule has 5 rings (SSSR count). The van der Waals surface area contributed by atoms with E-state index in [0.29, 0.717) is 34.7 Å². The van der Waals surface area contributed by atoms with Gasteiger partial charge in [0.25, 0.3) is 10.0 Å². The summed E-state index contributed by atoms with van der Waals surface area (Å²) in [6, 6.07) is 6.33. The van der Waals surface area contributed by atoms with Gasteiger partial charge in [0.05, 0.1) is 20.8 Å². The Bertz CT molecular complexity index is 1430. The zero-order valence-corrected chi connectivity index (χ0v) is 19.9.